The zero-order valence-electron chi connectivity index (χ0n) is 15.6. The lowest BCUT2D eigenvalue weighted by Crippen LogP contribution is -2.41. The van der Waals surface area contributed by atoms with Gasteiger partial charge in [0.15, 0.2) is 16.7 Å². The van der Waals surface area contributed by atoms with Crippen LogP contribution in [0.15, 0.2) is 28.0 Å². The van der Waals surface area contributed by atoms with E-state index in [1.165, 1.54) is 37.3 Å². The highest BCUT2D eigenvalue weighted by molar-refractivity contribution is 7.99. The van der Waals surface area contributed by atoms with Crippen LogP contribution in [0.5, 0.6) is 0 Å². The van der Waals surface area contributed by atoms with Crippen LogP contribution in [-0.2, 0) is 18.4 Å². The number of carbonyl (C=O) groups excluding carboxylic acids is 2. The van der Waals surface area contributed by atoms with Crippen molar-refractivity contribution in [1.29, 1.82) is 0 Å². The Labute approximate surface area is 162 Å². The average Bonchev–Trinajstić information content (AvgIpc) is 3.31. The first-order chi connectivity index (χ1) is 13.0. The van der Waals surface area contributed by atoms with Gasteiger partial charge >= 0.3 is 0 Å². The maximum atomic E-state index is 12.2. The van der Waals surface area contributed by atoms with Gasteiger partial charge in [-0.15, -0.1) is 10.2 Å². The fourth-order valence-corrected chi connectivity index (χ4v) is 3.93. The third-order valence-corrected chi connectivity index (χ3v) is 5.89. The molecule has 1 fully saturated rings. The summed E-state index contributed by atoms with van der Waals surface area (Å²) >= 11 is 1.34. The van der Waals surface area contributed by atoms with Crippen LogP contribution < -0.4 is 10.6 Å². The van der Waals surface area contributed by atoms with Crippen LogP contribution in [0.2, 0.25) is 0 Å². The molecule has 2 amide bonds. The molecule has 8 nitrogen and oxygen atoms in total. The summed E-state index contributed by atoms with van der Waals surface area (Å²) in [6, 6.07) is 3.53. The Kier molecular flexibility index (Phi) is 6.54. The first-order valence-electron chi connectivity index (χ1n) is 9.16. The first kappa shape index (κ1) is 19.5. The molecule has 2 heterocycles. The van der Waals surface area contributed by atoms with Crippen molar-refractivity contribution in [2.45, 2.75) is 50.4 Å². The number of thioether (sulfide) groups is 1. The lowest BCUT2D eigenvalue weighted by atomic mass is 9.86. The topological polar surface area (TPSA) is 102 Å². The molecule has 27 heavy (non-hydrogen) atoms. The van der Waals surface area contributed by atoms with Gasteiger partial charge in [0.05, 0.1) is 18.6 Å². The van der Waals surface area contributed by atoms with Gasteiger partial charge in [0.1, 0.15) is 0 Å². The van der Waals surface area contributed by atoms with Crippen molar-refractivity contribution >= 4 is 23.6 Å². The van der Waals surface area contributed by atoms with E-state index in [4.69, 9.17) is 4.42 Å². The van der Waals surface area contributed by atoms with Gasteiger partial charge in [0.2, 0.25) is 5.91 Å². The molecule has 1 aliphatic carbocycles. The minimum Gasteiger partial charge on any atom is -0.459 e. The Hall–Kier alpha value is -2.29. The lowest BCUT2D eigenvalue weighted by Gasteiger charge is -2.29. The monoisotopic (exact) mass is 391 g/mol. The van der Waals surface area contributed by atoms with E-state index in [1.54, 1.807) is 16.7 Å². The molecule has 0 bridgehead atoms. The van der Waals surface area contributed by atoms with E-state index >= 15 is 0 Å². The van der Waals surface area contributed by atoms with E-state index in [9.17, 15) is 9.59 Å². The number of nitrogens with one attached hydrogen (secondary N) is 2. The van der Waals surface area contributed by atoms with Crippen LogP contribution in [0.1, 0.15) is 49.0 Å². The number of carbonyl (C=O) groups is 2. The predicted molar refractivity (Wildman–Crippen MR) is 101 cm³/mol. The van der Waals surface area contributed by atoms with Crippen molar-refractivity contribution < 1.29 is 14.0 Å². The second kappa shape index (κ2) is 9.07. The Morgan fingerprint density at radius 2 is 2.15 bits per heavy atom. The van der Waals surface area contributed by atoms with Gasteiger partial charge in [0, 0.05) is 13.1 Å². The summed E-state index contributed by atoms with van der Waals surface area (Å²) in [5.74, 6) is 1.41. The molecule has 9 heteroatoms. The van der Waals surface area contributed by atoms with Gasteiger partial charge in [0.25, 0.3) is 5.91 Å². The Balaban J connectivity index is 1.47. The molecule has 2 atom stereocenters. The number of hydrogen-bond donors (Lipinski definition) is 2. The Morgan fingerprint density at radius 3 is 2.89 bits per heavy atom. The minimum absolute atomic E-state index is 0.0226. The molecule has 1 aliphatic rings. The van der Waals surface area contributed by atoms with Crippen LogP contribution in [0.3, 0.4) is 0 Å². The zero-order valence-corrected chi connectivity index (χ0v) is 16.4. The van der Waals surface area contributed by atoms with Crippen LogP contribution in [0.25, 0.3) is 0 Å². The second-order valence-corrected chi connectivity index (χ2v) is 7.78. The van der Waals surface area contributed by atoms with E-state index < -0.39 is 0 Å². The van der Waals surface area contributed by atoms with Crippen molar-refractivity contribution in [3.63, 3.8) is 0 Å². The third kappa shape index (κ3) is 5.12. The van der Waals surface area contributed by atoms with Gasteiger partial charge in [-0.1, -0.05) is 31.5 Å². The highest BCUT2D eigenvalue weighted by Crippen LogP contribution is 2.24. The number of furan rings is 1. The number of rotatable bonds is 7. The van der Waals surface area contributed by atoms with Crippen LogP contribution in [0.4, 0.5) is 0 Å². The lowest BCUT2D eigenvalue weighted by molar-refractivity contribution is -0.119. The summed E-state index contributed by atoms with van der Waals surface area (Å²) in [5, 5.41) is 14.7. The highest BCUT2D eigenvalue weighted by atomic mass is 32.2. The quantitative estimate of drug-likeness (QED) is 0.701. The smallest absolute Gasteiger partial charge is 0.287 e. The number of nitrogens with zero attached hydrogens (tertiary/aromatic N) is 3. The molecule has 2 N–H and O–H groups in total. The number of hydrogen-bond acceptors (Lipinski definition) is 6. The predicted octanol–water partition coefficient (Wildman–Crippen LogP) is 2.13. The summed E-state index contributed by atoms with van der Waals surface area (Å²) in [5.41, 5.74) is 0. The average molecular weight is 391 g/mol. The molecule has 1 saturated carbocycles. The maximum Gasteiger partial charge on any atom is 0.287 e. The van der Waals surface area contributed by atoms with Crippen molar-refractivity contribution in [2.24, 2.45) is 13.0 Å². The molecule has 0 aromatic carbocycles. The van der Waals surface area contributed by atoms with Crippen molar-refractivity contribution in [2.75, 3.05) is 5.75 Å². The van der Waals surface area contributed by atoms with E-state index in [-0.39, 0.29) is 30.2 Å². The Morgan fingerprint density at radius 1 is 1.33 bits per heavy atom. The molecule has 0 saturated heterocycles. The molecule has 146 valence electrons. The molecule has 0 unspecified atom stereocenters. The fourth-order valence-electron chi connectivity index (χ4n) is 3.19. The number of amides is 2. The molecule has 0 spiro atoms. The van der Waals surface area contributed by atoms with Crippen molar-refractivity contribution in [3.05, 3.63) is 30.0 Å². The van der Waals surface area contributed by atoms with E-state index in [0.717, 1.165) is 6.42 Å². The summed E-state index contributed by atoms with van der Waals surface area (Å²) in [4.78, 5) is 24.1. The van der Waals surface area contributed by atoms with Gasteiger partial charge in [-0.2, -0.15) is 0 Å². The number of aromatic nitrogens is 3. The largest absolute Gasteiger partial charge is 0.459 e. The molecule has 2 aromatic heterocycles. The van der Waals surface area contributed by atoms with Gasteiger partial charge < -0.3 is 19.6 Å². The first-order valence-corrected chi connectivity index (χ1v) is 10.1. The van der Waals surface area contributed by atoms with Gasteiger partial charge in [-0.25, -0.2) is 0 Å². The highest BCUT2D eigenvalue weighted by Gasteiger charge is 2.23. The van der Waals surface area contributed by atoms with E-state index in [2.05, 4.69) is 27.8 Å². The molecule has 2 aromatic rings. The third-order valence-electron chi connectivity index (χ3n) is 4.87. The van der Waals surface area contributed by atoms with Crippen LogP contribution in [-0.4, -0.2) is 38.4 Å². The van der Waals surface area contributed by atoms with Gasteiger partial charge in [-0.3, -0.25) is 9.59 Å². The van der Waals surface area contributed by atoms with E-state index in [0.29, 0.717) is 22.7 Å². The molecule has 0 radical (unpaired) electrons. The fraction of sp³-hybridized carbons (Fsp3) is 0.556. The summed E-state index contributed by atoms with van der Waals surface area (Å²) < 4.78 is 6.83. The summed E-state index contributed by atoms with van der Waals surface area (Å²) in [6.45, 7) is 2.43. The summed E-state index contributed by atoms with van der Waals surface area (Å²) in [6.07, 6.45) is 6.11. The normalized spacial score (nSPS) is 19.6. The molecular weight excluding hydrogens is 366 g/mol. The minimum atomic E-state index is -0.307. The van der Waals surface area contributed by atoms with Crippen LogP contribution >= 0.6 is 11.8 Å². The maximum absolute atomic E-state index is 12.2. The zero-order chi connectivity index (χ0) is 19.2. The van der Waals surface area contributed by atoms with E-state index in [1.807, 2.05) is 7.05 Å². The van der Waals surface area contributed by atoms with Crippen molar-refractivity contribution in [1.82, 2.24) is 25.4 Å². The Bertz CT molecular complexity index is 774. The molecular formula is C18H25N5O3S. The van der Waals surface area contributed by atoms with Crippen LogP contribution in [0, 0.1) is 5.92 Å². The molecule has 3 rings (SSSR count). The molecule has 0 aliphatic heterocycles. The van der Waals surface area contributed by atoms with Gasteiger partial charge in [-0.05, 0) is 30.9 Å². The second-order valence-electron chi connectivity index (χ2n) is 6.84. The van der Waals surface area contributed by atoms with Crippen molar-refractivity contribution in [3.8, 4) is 0 Å². The SMILES string of the molecule is C[C@H]1CCCC[C@H]1NC(=O)CSc1nnc(CNC(=O)c2ccco2)n1C. The standard InChI is InChI=1S/C18H25N5O3S/c1-12-6-3-4-7-13(12)20-16(24)11-27-18-22-21-15(23(18)2)10-19-17(25)14-8-5-9-26-14/h5,8-9,12-13H,3-4,6-7,10-11H2,1-2H3,(H,19,25)(H,20,24)/t12-,13+/m0/s1. The summed E-state index contributed by atoms with van der Waals surface area (Å²) in [7, 11) is 1.82.